The minimum absolute atomic E-state index is 0.0198. The zero-order valence-electron chi connectivity index (χ0n) is 21.9. The third-order valence-electron chi connectivity index (χ3n) is 6.88. The molecule has 1 aliphatic heterocycles. The van der Waals surface area contributed by atoms with Gasteiger partial charge in [-0.3, -0.25) is 14.4 Å². The molecule has 0 bridgehead atoms. The van der Waals surface area contributed by atoms with Gasteiger partial charge in [-0.2, -0.15) is 0 Å². The van der Waals surface area contributed by atoms with Crippen LogP contribution in [0, 0.1) is 13.8 Å². The molecule has 0 aliphatic carbocycles. The molecule has 1 atom stereocenters. The van der Waals surface area contributed by atoms with Gasteiger partial charge in [-0.25, -0.2) is 9.69 Å². The summed E-state index contributed by atoms with van der Waals surface area (Å²) in [6.45, 7) is 3.85. The van der Waals surface area contributed by atoms with E-state index in [-0.39, 0.29) is 33.1 Å². The number of benzene rings is 4. The number of ether oxygens (including phenoxy) is 2. The lowest BCUT2D eigenvalue weighted by Gasteiger charge is -2.21. The van der Waals surface area contributed by atoms with Gasteiger partial charge in [0.1, 0.15) is 11.3 Å². The van der Waals surface area contributed by atoms with Crippen LogP contribution >= 0.6 is 11.6 Å². The molecule has 0 N–H and O–H groups in total. The number of fused-ring (bicyclic) bond motifs is 1. The molecule has 40 heavy (non-hydrogen) atoms. The topological polar surface area (TPSA) is 90.0 Å². The van der Waals surface area contributed by atoms with Crippen molar-refractivity contribution in [3.05, 3.63) is 129 Å². The van der Waals surface area contributed by atoms with Crippen molar-refractivity contribution in [2.45, 2.75) is 20.0 Å². The van der Waals surface area contributed by atoms with Gasteiger partial charge in [-0.1, -0.05) is 66.2 Å². The lowest BCUT2D eigenvalue weighted by molar-refractivity contribution is 0.0277. The van der Waals surface area contributed by atoms with E-state index in [0.717, 1.165) is 16.0 Å². The number of hydrogen-bond donors (Lipinski definition) is 0. The van der Waals surface area contributed by atoms with Crippen LogP contribution in [0.5, 0.6) is 5.75 Å². The highest BCUT2D eigenvalue weighted by atomic mass is 35.5. The Kier molecular flexibility index (Phi) is 7.24. The zero-order chi connectivity index (χ0) is 28.6. The predicted molar refractivity (Wildman–Crippen MR) is 150 cm³/mol. The van der Waals surface area contributed by atoms with Crippen molar-refractivity contribution >= 4 is 40.9 Å². The number of carbonyl (C=O) groups is 4. The number of aryl methyl sites for hydroxylation is 2. The summed E-state index contributed by atoms with van der Waals surface area (Å²) in [4.78, 5) is 54.1. The van der Waals surface area contributed by atoms with Crippen LogP contribution < -0.4 is 9.64 Å². The monoisotopic (exact) mass is 553 g/mol. The summed E-state index contributed by atoms with van der Waals surface area (Å²) >= 11 is 6.52. The Balaban J connectivity index is 1.50. The minimum atomic E-state index is -1.24. The van der Waals surface area contributed by atoms with E-state index in [1.807, 2.05) is 19.9 Å². The fourth-order valence-corrected chi connectivity index (χ4v) is 4.82. The summed E-state index contributed by atoms with van der Waals surface area (Å²) in [7, 11) is 1.33. The molecule has 0 aromatic heterocycles. The molecule has 1 aliphatic rings. The average Bonchev–Trinajstić information content (AvgIpc) is 3.22. The average molecular weight is 554 g/mol. The first-order chi connectivity index (χ1) is 19.2. The molecule has 7 nitrogen and oxygen atoms in total. The van der Waals surface area contributed by atoms with Crippen molar-refractivity contribution in [1.29, 1.82) is 0 Å². The van der Waals surface area contributed by atoms with Gasteiger partial charge in [-0.05, 0) is 49.2 Å². The van der Waals surface area contributed by atoms with Crippen LogP contribution in [0.2, 0.25) is 5.02 Å². The summed E-state index contributed by atoms with van der Waals surface area (Å²) in [5.74, 6) is -2.31. The van der Waals surface area contributed by atoms with Crippen LogP contribution in [0.25, 0.3) is 0 Å². The lowest BCUT2D eigenvalue weighted by atomic mass is 9.97. The third kappa shape index (κ3) is 4.76. The number of ketones is 1. The standard InChI is InChI=1S/C32H24ClNO6/c1-18-13-14-21(15-19(18)2)28(35)29(20-9-5-4-6-10-20)40-32(38)24-16-25(33)26(17-27(24)39-3)34-30(36)22-11-7-8-12-23(22)31(34)37/h4-17,29H,1-3H3/t29-/m0/s1. The number of rotatable bonds is 7. The first kappa shape index (κ1) is 26.8. The second-order valence-electron chi connectivity index (χ2n) is 9.35. The highest BCUT2D eigenvalue weighted by Crippen LogP contribution is 2.38. The van der Waals surface area contributed by atoms with Crippen molar-refractivity contribution in [3.63, 3.8) is 0 Å². The highest BCUT2D eigenvalue weighted by molar-refractivity contribution is 6.40. The molecule has 4 aromatic carbocycles. The Morgan fingerprint density at radius 3 is 2.02 bits per heavy atom. The second kappa shape index (κ2) is 10.8. The summed E-state index contributed by atoms with van der Waals surface area (Å²) in [6.07, 6.45) is -1.24. The smallest absolute Gasteiger partial charge is 0.343 e. The van der Waals surface area contributed by atoms with Crippen LogP contribution in [0.4, 0.5) is 5.69 Å². The van der Waals surface area contributed by atoms with E-state index >= 15 is 0 Å². The summed E-state index contributed by atoms with van der Waals surface area (Å²) in [6, 6.07) is 23.0. The van der Waals surface area contributed by atoms with Crippen LogP contribution in [0.3, 0.4) is 0 Å². The van der Waals surface area contributed by atoms with Crippen molar-refractivity contribution in [2.24, 2.45) is 0 Å². The molecular weight excluding hydrogens is 530 g/mol. The maximum absolute atomic E-state index is 13.6. The molecule has 200 valence electrons. The molecule has 1 heterocycles. The molecule has 4 aromatic rings. The first-order valence-corrected chi connectivity index (χ1v) is 12.8. The zero-order valence-corrected chi connectivity index (χ0v) is 22.7. The SMILES string of the molecule is COc1cc(N2C(=O)c3ccccc3C2=O)c(Cl)cc1C(=O)O[C@H](C(=O)c1ccc(C)c(C)c1)c1ccccc1. The fraction of sp³-hybridized carbons (Fsp3) is 0.125. The number of halogens is 1. The van der Waals surface area contributed by atoms with Gasteiger partial charge < -0.3 is 9.47 Å². The van der Waals surface area contributed by atoms with Crippen LogP contribution in [-0.2, 0) is 4.74 Å². The van der Waals surface area contributed by atoms with E-state index in [1.54, 1.807) is 66.7 Å². The molecule has 8 heteroatoms. The number of carbonyl (C=O) groups excluding carboxylic acids is 4. The largest absolute Gasteiger partial charge is 0.496 e. The summed E-state index contributed by atoms with van der Waals surface area (Å²) in [5.41, 5.74) is 3.35. The maximum Gasteiger partial charge on any atom is 0.343 e. The van der Waals surface area contributed by atoms with Gasteiger partial charge in [0.05, 0.1) is 28.9 Å². The lowest BCUT2D eigenvalue weighted by Crippen LogP contribution is -2.30. The number of Topliss-reactive ketones (excluding diaryl/α,β-unsaturated/α-hetero) is 1. The van der Waals surface area contributed by atoms with E-state index in [4.69, 9.17) is 21.1 Å². The molecular formula is C32H24ClNO6. The van der Waals surface area contributed by atoms with Crippen molar-refractivity contribution in [1.82, 2.24) is 0 Å². The number of amides is 2. The Bertz CT molecular complexity index is 1650. The Morgan fingerprint density at radius 2 is 1.43 bits per heavy atom. The predicted octanol–water partition coefficient (Wildman–Crippen LogP) is 6.55. The van der Waals surface area contributed by atoms with E-state index in [9.17, 15) is 19.2 Å². The Labute approximate surface area is 235 Å². The second-order valence-corrected chi connectivity index (χ2v) is 9.76. The van der Waals surface area contributed by atoms with Crippen molar-refractivity contribution < 1.29 is 28.7 Å². The van der Waals surface area contributed by atoms with E-state index < -0.39 is 29.7 Å². The van der Waals surface area contributed by atoms with Gasteiger partial charge in [0.2, 0.25) is 5.78 Å². The number of esters is 1. The number of imide groups is 1. The van der Waals surface area contributed by atoms with Gasteiger partial charge >= 0.3 is 5.97 Å². The molecule has 2 amide bonds. The summed E-state index contributed by atoms with van der Waals surface area (Å²) in [5, 5.41) is -0.0426. The third-order valence-corrected chi connectivity index (χ3v) is 7.18. The normalized spacial score (nSPS) is 13.2. The number of nitrogens with zero attached hydrogens (tertiary/aromatic N) is 1. The molecule has 0 spiro atoms. The Hall–Kier alpha value is -4.75. The van der Waals surface area contributed by atoms with Crippen LogP contribution in [0.1, 0.15) is 64.2 Å². The Morgan fingerprint density at radius 1 is 0.800 bits per heavy atom. The van der Waals surface area contributed by atoms with Gasteiger partial charge in [0, 0.05) is 17.2 Å². The van der Waals surface area contributed by atoms with Gasteiger partial charge in [-0.15, -0.1) is 0 Å². The molecule has 0 saturated carbocycles. The van der Waals surface area contributed by atoms with Crippen LogP contribution in [-0.4, -0.2) is 30.7 Å². The molecule has 0 fully saturated rings. The van der Waals surface area contributed by atoms with Crippen molar-refractivity contribution in [3.8, 4) is 5.75 Å². The molecule has 0 unspecified atom stereocenters. The van der Waals surface area contributed by atoms with E-state index in [1.165, 1.54) is 19.2 Å². The number of methoxy groups -OCH3 is 1. The van der Waals surface area contributed by atoms with Gasteiger partial charge in [0.25, 0.3) is 11.8 Å². The molecule has 5 rings (SSSR count). The first-order valence-electron chi connectivity index (χ1n) is 12.4. The molecule has 0 radical (unpaired) electrons. The number of hydrogen-bond acceptors (Lipinski definition) is 6. The number of anilines is 1. The van der Waals surface area contributed by atoms with Gasteiger partial charge in [0.15, 0.2) is 6.10 Å². The van der Waals surface area contributed by atoms with E-state index in [0.29, 0.717) is 11.1 Å². The van der Waals surface area contributed by atoms with E-state index in [2.05, 4.69) is 0 Å². The van der Waals surface area contributed by atoms with Crippen LogP contribution in [0.15, 0.2) is 84.9 Å². The quantitative estimate of drug-likeness (QED) is 0.146. The summed E-state index contributed by atoms with van der Waals surface area (Å²) < 4.78 is 11.2. The highest BCUT2D eigenvalue weighted by Gasteiger charge is 2.38. The van der Waals surface area contributed by atoms with Crippen molar-refractivity contribution in [2.75, 3.05) is 12.0 Å². The fourth-order valence-electron chi connectivity index (χ4n) is 4.57. The molecule has 0 saturated heterocycles. The maximum atomic E-state index is 13.6. The minimum Gasteiger partial charge on any atom is -0.496 e.